The highest BCUT2D eigenvalue weighted by atomic mass is 32.2. The van der Waals surface area contributed by atoms with Crippen molar-refractivity contribution in [1.82, 2.24) is 0 Å². The molecule has 0 atom stereocenters. The maximum Gasteiger partial charge on any atom is 0.140 e. The van der Waals surface area contributed by atoms with Gasteiger partial charge in [0.05, 0.1) is 6.42 Å². The van der Waals surface area contributed by atoms with E-state index in [0.717, 1.165) is 0 Å². The lowest BCUT2D eigenvalue weighted by atomic mass is 9.68. The van der Waals surface area contributed by atoms with Gasteiger partial charge in [0.1, 0.15) is 11.6 Å². The van der Waals surface area contributed by atoms with E-state index in [9.17, 15) is 9.59 Å². The van der Waals surface area contributed by atoms with E-state index < -0.39 is 0 Å². The molecule has 0 aliphatic heterocycles. The van der Waals surface area contributed by atoms with Gasteiger partial charge in [-0.25, -0.2) is 0 Å². The average molecular weight is 212 g/mol. The maximum absolute atomic E-state index is 11.4. The summed E-state index contributed by atoms with van der Waals surface area (Å²) in [7, 11) is 0. The van der Waals surface area contributed by atoms with Crippen molar-refractivity contribution in [2.75, 3.05) is 6.26 Å². The molecule has 2 saturated carbocycles. The van der Waals surface area contributed by atoms with Crippen molar-refractivity contribution < 1.29 is 9.59 Å². The van der Waals surface area contributed by atoms with Crippen molar-refractivity contribution in [1.29, 1.82) is 0 Å². The first-order chi connectivity index (χ1) is 6.66. The summed E-state index contributed by atoms with van der Waals surface area (Å²) in [6.07, 6.45) is 7.25. The first-order valence-electron chi connectivity index (χ1n) is 5.25. The molecule has 3 heteroatoms. The van der Waals surface area contributed by atoms with Crippen LogP contribution in [0, 0.1) is 5.92 Å². The normalized spacial score (nSPS) is 27.5. The number of hydrogen-bond acceptors (Lipinski definition) is 3. The monoisotopic (exact) mass is 212 g/mol. The van der Waals surface area contributed by atoms with E-state index in [0.29, 0.717) is 18.8 Å². The third kappa shape index (κ3) is 1.62. The van der Waals surface area contributed by atoms with Crippen LogP contribution in [0.4, 0.5) is 0 Å². The number of thioether (sulfide) groups is 1. The first-order valence-corrected chi connectivity index (χ1v) is 6.47. The van der Waals surface area contributed by atoms with Crippen LogP contribution in [0.15, 0.2) is 0 Å². The van der Waals surface area contributed by atoms with Crippen LogP contribution in [0.1, 0.15) is 38.5 Å². The van der Waals surface area contributed by atoms with Crippen molar-refractivity contribution in [3.8, 4) is 0 Å². The largest absolute Gasteiger partial charge is 0.299 e. The SMILES string of the molecule is CSC1(C2CC(=O)CC(=O)C2)CCC1. The Labute approximate surface area is 88.8 Å². The van der Waals surface area contributed by atoms with Gasteiger partial charge in [0.15, 0.2) is 0 Å². The number of carbonyl (C=O) groups excluding carboxylic acids is 2. The second-order valence-electron chi connectivity index (χ2n) is 4.48. The second kappa shape index (κ2) is 3.69. The van der Waals surface area contributed by atoms with Gasteiger partial charge < -0.3 is 0 Å². The highest BCUT2D eigenvalue weighted by Gasteiger charge is 2.46. The van der Waals surface area contributed by atoms with Crippen molar-refractivity contribution in [3.05, 3.63) is 0 Å². The maximum atomic E-state index is 11.4. The third-order valence-corrected chi connectivity index (χ3v) is 5.25. The zero-order valence-electron chi connectivity index (χ0n) is 8.54. The summed E-state index contributed by atoms with van der Waals surface area (Å²) < 4.78 is 0.270. The van der Waals surface area contributed by atoms with Gasteiger partial charge in [-0.1, -0.05) is 6.42 Å². The standard InChI is InChI=1S/C11H16O2S/c1-14-11(3-2-4-11)8-5-9(12)7-10(13)6-8/h8H,2-7H2,1H3. The van der Waals surface area contributed by atoms with Crippen molar-refractivity contribution in [2.24, 2.45) is 5.92 Å². The molecular formula is C11H16O2S. The van der Waals surface area contributed by atoms with Gasteiger partial charge in [-0.2, -0.15) is 11.8 Å². The Kier molecular flexibility index (Phi) is 2.69. The highest BCUT2D eigenvalue weighted by Crippen LogP contribution is 2.51. The van der Waals surface area contributed by atoms with Crippen LogP contribution >= 0.6 is 11.8 Å². The summed E-state index contributed by atoms with van der Waals surface area (Å²) in [4.78, 5) is 22.7. The summed E-state index contributed by atoms with van der Waals surface area (Å²) in [5, 5.41) is 0. The molecule has 78 valence electrons. The van der Waals surface area contributed by atoms with Gasteiger partial charge in [-0.15, -0.1) is 0 Å². The predicted octanol–water partition coefficient (Wildman–Crippen LogP) is 2.21. The highest BCUT2D eigenvalue weighted by molar-refractivity contribution is 8.00. The Bertz CT molecular complexity index is 247. The number of hydrogen-bond donors (Lipinski definition) is 0. The molecule has 0 unspecified atom stereocenters. The molecule has 0 amide bonds. The topological polar surface area (TPSA) is 34.1 Å². The number of Topliss-reactive ketones (excluding diaryl/α,β-unsaturated/α-hetero) is 2. The van der Waals surface area contributed by atoms with Crippen molar-refractivity contribution in [3.63, 3.8) is 0 Å². The fraction of sp³-hybridized carbons (Fsp3) is 0.818. The third-order valence-electron chi connectivity index (χ3n) is 3.69. The van der Waals surface area contributed by atoms with E-state index in [-0.39, 0.29) is 22.7 Å². The minimum atomic E-state index is 0.159. The van der Waals surface area contributed by atoms with Crippen molar-refractivity contribution >= 4 is 23.3 Å². The number of ketones is 2. The quantitative estimate of drug-likeness (QED) is 0.658. The van der Waals surface area contributed by atoms with Crippen LogP contribution in [0.25, 0.3) is 0 Å². The summed E-state index contributed by atoms with van der Waals surface area (Å²) >= 11 is 1.87. The summed E-state index contributed by atoms with van der Waals surface area (Å²) in [6.45, 7) is 0. The fourth-order valence-corrected chi connectivity index (χ4v) is 3.86. The van der Waals surface area contributed by atoms with Gasteiger partial charge in [0.2, 0.25) is 0 Å². The van der Waals surface area contributed by atoms with Gasteiger partial charge in [0.25, 0.3) is 0 Å². The Morgan fingerprint density at radius 3 is 2.14 bits per heavy atom. The fourth-order valence-electron chi connectivity index (χ4n) is 2.66. The zero-order valence-corrected chi connectivity index (χ0v) is 9.36. The molecule has 2 fully saturated rings. The minimum Gasteiger partial charge on any atom is -0.299 e. The van der Waals surface area contributed by atoms with Crippen LogP contribution in [0.5, 0.6) is 0 Å². The minimum absolute atomic E-state index is 0.159. The molecule has 0 bridgehead atoms. The Balaban J connectivity index is 2.09. The molecule has 2 aliphatic carbocycles. The molecule has 0 N–H and O–H groups in total. The molecule has 0 aromatic heterocycles. The Morgan fingerprint density at radius 1 is 1.21 bits per heavy atom. The van der Waals surface area contributed by atoms with Gasteiger partial charge in [-0.05, 0) is 25.0 Å². The molecule has 0 spiro atoms. The molecule has 0 saturated heterocycles. The molecular weight excluding hydrogens is 196 g/mol. The summed E-state index contributed by atoms with van der Waals surface area (Å²) in [5.41, 5.74) is 0. The van der Waals surface area contributed by atoms with Crippen LogP contribution in [-0.4, -0.2) is 22.6 Å². The summed E-state index contributed by atoms with van der Waals surface area (Å²) in [6, 6.07) is 0. The van der Waals surface area contributed by atoms with E-state index >= 15 is 0 Å². The van der Waals surface area contributed by atoms with E-state index in [1.807, 2.05) is 11.8 Å². The van der Waals surface area contributed by atoms with Gasteiger partial charge in [-0.3, -0.25) is 9.59 Å². The van der Waals surface area contributed by atoms with Crippen LogP contribution in [0.3, 0.4) is 0 Å². The molecule has 0 heterocycles. The first kappa shape index (κ1) is 10.2. The smallest absolute Gasteiger partial charge is 0.140 e. The van der Waals surface area contributed by atoms with Crippen LogP contribution < -0.4 is 0 Å². The van der Waals surface area contributed by atoms with Gasteiger partial charge >= 0.3 is 0 Å². The lowest BCUT2D eigenvalue weighted by molar-refractivity contribution is -0.132. The molecule has 2 rings (SSSR count). The van der Waals surface area contributed by atoms with E-state index in [1.54, 1.807) is 0 Å². The van der Waals surface area contributed by atoms with Crippen molar-refractivity contribution in [2.45, 2.75) is 43.3 Å². The van der Waals surface area contributed by atoms with E-state index in [4.69, 9.17) is 0 Å². The lowest BCUT2D eigenvalue weighted by Crippen LogP contribution is -2.45. The van der Waals surface area contributed by atoms with Crippen LogP contribution in [0.2, 0.25) is 0 Å². The average Bonchev–Trinajstić information content (AvgIpc) is 2.01. The summed E-state index contributed by atoms with van der Waals surface area (Å²) in [5.74, 6) is 0.651. The Hall–Kier alpha value is -0.310. The van der Waals surface area contributed by atoms with Crippen LogP contribution in [-0.2, 0) is 9.59 Å². The van der Waals surface area contributed by atoms with E-state index in [1.165, 1.54) is 19.3 Å². The zero-order chi connectivity index (χ0) is 10.2. The Morgan fingerprint density at radius 2 is 1.79 bits per heavy atom. The molecule has 0 aromatic carbocycles. The number of rotatable bonds is 2. The molecule has 0 radical (unpaired) electrons. The second-order valence-corrected chi connectivity index (χ2v) is 5.70. The van der Waals surface area contributed by atoms with E-state index in [2.05, 4.69) is 6.26 Å². The molecule has 0 aromatic rings. The number of carbonyl (C=O) groups is 2. The molecule has 2 nitrogen and oxygen atoms in total. The lowest BCUT2D eigenvalue weighted by Gasteiger charge is -2.47. The van der Waals surface area contributed by atoms with Gasteiger partial charge in [0, 0.05) is 17.6 Å². The molecule has 14 heavy (non-hydrogen) atoms. The predicted molar refractivity (Wildman–Crippen MR) is 57.5 cm³/mol. The molecule has 2 aliphatic rings.